The quantitative estimate of drug-likeness (QED) is 0.342. The van der Waals surface area contributed by atoms with Gasteiger partial charge in [0.2, 0.25) is 0 Å². The zero-order chi connectivity index (χ0) is 23.8. The molecule has 0 atom stereocenters. The smallest absolute Gasteiger partial charge is 0.346 e. The molecular weight excluding hydrogens is 466 g/mol. The third-order valence-corrected chi connectivity index (χ3v) is 8.34. The number of amides is 1. The van der Waals surface area contributed by atoms with Crippen LogP contribution in [0.25, 0.3) is 5.57 Å². The Balaban J connectivity index is 2.27. The number of anilines is 1. The van der Waals surface area contributed by atoms with E-state index in [2.05, 4.69) is 0 Å². The Bertz CT molecular complexity index is 1100. The molecule has 0 fully saturated rings. The van der Waals surface area contributed by atoms with Crippen LogP contribution in [0.3, 0.4) is 0 Å². The van der Waals surface area contributed by atoms with Crippen molar-refractivity contribution in [2.45, 2.75) is 33.2 Å². The van der Waals surface area contributed by atoms with Crippen LogP contribution in [0.15, 0.2) is 44.4 Å². The van der Waals surface area contributed by atoms with E-state index < -0.39 is 17.5 Å². The summed E-state index contributed by atoms with van der Waals surface area (Å²) in [4.78, 5) is 40.3. The van der Waals surface area contributed by atoms with E-state index in [9.17, 15) is 14.4 Å². The topological polar surface area (TPSA) is 72.9 Å². The summed E-state index contributed by atoms with van der Waals surface area (Å²) in [5, 5.41) is 0. The van der Waals surface area contributed by atoms with Gasteiger partial charge in [-0.1, -0.05) is 53.4 Å². The molecule has 2 heterocycles. The molecule has 2 aliphatic rings. The molecule has 0 aliphatic carbocycles. The number of benzene rings is 1. The van der Waals surface area contributed by atoms with Crippen LogP contribution in [-0.2, 0) is 23.9 Å². The Morgan fingerprint density at radius 1 is 1.06 bits per heavy atom. The number of aryl methyl sites for hydroxylation is 1. The Morgan fingerprint density at radius 3 is 2.12 bits per heavy atom. The molecule has 0 bridgehead atoms. The fourth-order valence-corrected chi connectivity index (χ4v) is 6.58. The Hall–Kier alpha value is -2.36. The molecule has 0 unspecified atom stereocenters. The minimum Gasteiger partial charge on any atom is -0.465 e. The van der Waals surface area contributed by atoms with Gasteiger partial charge in [0.1, 0.15) is 9.81 Å². The number of thiocarbonyl (C=S) groups is 1. The first-order chi connectivity index (χ1) is 15.1. The summed E-state index contributed by atoms with van der Waals surface area (Å²) < 4.78 is 10.4. The highest BCUT2D eigenvalue weighted by molar-refractivity contribution is 8.29. The van der Waals surface area contributed by atoms with E-state index in [0.29, 0.717) is 14.8 Å². The van der Waals surface area contributed by atoms with E-state index in [-0.39, 0.29) is 15.7 Å². The molecule has 1 amide bonds. The standard InChI is InChI=1S/C23H23NO5S3/c1-7-8-15(25)24-14-10-9-12(2)11-13(14)16(19(30)23(24,3)4)22-31-17(20(26)28-5)18(32-22)21(27)29-6/h7-11H,1-6H3. The van der Waals surface area contributed by atoms with E-state index >= 15 is 0 Å². The lowest BCUT2D eigenvalue weighted by Gasteiger charge is -2.45. The maximum absolute atomic E-state index is 13.0. The molecule has 0 radical (unpaired) electrons. The van der Waals surface area contributed by atoms with Gasteiger partial charge in [-0.2, -0.15) is 0 Å². The van der Waals surface area contributed by atoms with Crippen molar-refractivity contribution in [1.82, 2.24) is 0 Å². The number of hydrogen-bond donors (Lipinski definition) is 0. The fourth-order valence-electron chi connectivity index (χ4n) is 3.55. The largest absolute Gasteiger partial charge is 0.465 e. The van der Waals surface area contributed by atoms with Gasteiger partial charge in [0.05, 0.1) is 34.5 Å². The van der Waals surface area contributed by atoms with Gasteiger partial charge in [0, 0.05) is 11.1 Å². The van der Waals surface area contributed by atoms with Crippen molar-refractivity contribution < 1.29 is 23.9 Å². The summed E-state index contributed by atoms with van der Waals surface area (Å²) in [5.41, 5.74) is 2.38. The number of carbonyl (C=O) groups excluding carboxylic acids is 3. The van der Waals surface area contributed by atoms with E-state index in [1.54, 1.807) is 17.9 Å². The summed E-state index contributed by atoms with van der Waals surface area (Å²) >= 11 is 8.19. The lowest BCUT2D eigenvalue weighted by atomic mass is 9.82. The normalized spacial score (nSPS) is 17.7. The van der Waals surface area contributed by atoms with Crippen molar-refractivity contribution in [3.05, 3.63) is 55.5 Å². The second-order valence-electron chi connectivity index (χ2n) is 7.59. The predicted octanol–water partition coefficient (Wildman–Crippen LogP) is 4.77. The maximum atomic E-state index is 13.0. The second-order valence-corrected chi connectivity index (χ2v) is 10.3. The van der Waals surface area contributed by atoms with E-state index in [4.69, 9.17) is 21.7 Å². The lowest BCUT2D eigenvalue weighted by Crippen LogP contribution is -2.55. The number of ether oxygens (including phenoxy) is 2. The molecule has 2 aliphatic heterocycles. The number of carbonyl (C=O) groups is 3. The van der Waals surface area contributed by atoms with Gasteiger partial charge in [-0.05, 0) is 45.9 Å². The zero-order valence-corrected chi connectivity index (χ0v) is 21.0. The predicted molar refractivity (Wildman–Crippen MR) is 133 cm³/mol. The minimum absolute atomic E-state index is 0.161. The number of esters is 2. The number of hydrogen-bond acceptors (Lipinski definition) is 8. The van der Waals surface area contributed by atoms with Crippen LogP contribution < -0.4 is 4.90 Å². The monoisotopic (exact) mass is 489 g/mol. The Morgan fingerprint density at radius 2 is 1.62 bits per heavy atom. The molecule has 0 saturated carbocycles. The van der Waals surface area contributed by atoms with Crippen molar-refractivity contribution in [1.29, 1.82) is 0 Å². The maximum Gasteiger partial charge on any atom is 0.346 e. The van der Waals surface area contributed by atoms with Crippen LogP contribution in [0.2, 0.25) is 0 Å². The number of fused-ring (bicyclic) bond motifs is 1. The highest BCUT2D eigenvalue weighted by Crippen LogP contribution is 2.56. The highest BCUT2D eigenvalue weighted by Gasteiger charge is 2.45. The van der Waals surface area contributed by atoms with Crippen LogP contribution >= 0.6 is 35.7 Å². The van der Waals surface area contributed by atoms with Gasteiger partial charge in [-0.25, -0.2) is 9.59 Å². The van der Waals surface area contributed by atoms with E-state index in [1.807, 2.05) is 39.0 Å². The SMILES string of the molecule is CC=CC(=O)N1c2ccc(C)cc2C(=C2SC(C(=O)OC)=C(C(=O)OC)S2)C(=S)C1(C)C. The molecule has 168 valence electrons. The zero-order valence-electron chi connectivity index (χ0n) is 18.6. The third-order valence-electron chi connectivity index (χ3n) is 5.08. The molecule has 0 spiro atoms. The summed E-state index contributed by atoms with van der Waals surface area (Å²) in [6.07, 6.45) is 3.21. The molecule has 3 rings (SSSR count). The van der Waals surface area contributed by atoms with Crippen molar-refractivity contribution in [2.75, 3.05) is 19.1 Å². The first-order valence-corrected chi connectivity index (χ1v) is 11.8. The van der Waals surface area contributed by atoms with Crippen molar-refractivity contribution in [2.24, 2.45) is 0 Å². The molecule has 32 heavy (non-hydrogen) atoms. The lowest BCUT2D eigenvalue weighted by molar-refractivity contribution is -0.138. The fraction of sp³-hybridized carbons (Fsp3) is 0.304. The molecule has 6 nitrogen and oxygen atoms in total. The van der Waals surface area contributed by atoms with E-state index in [1.165, 1.54) is 20.3 Å². The van der Waals surface area contributed by atoms with Crippen molar-refractivity contribution in [3.8, 4) is 0 Å². The molecule has 1 aromatic rings. The van der Waals surface area contributed by atoms with Crippen LogP contribution in [-0.4, -0.2) is 42.5 Å². The number of rotatable bonds is 3. The first-order valence-electron chi connectivity index (χ1n) is 9.72. The van der Waals surface area contributed by atoms with Gasteiger partial charge < -0.3 is 9.47 Å². The number of nitrogens with zero attached hydrogens (tertiary/aromatic N) is 1. The van der Waals surface area contributed by atoms with Crippen LogP contribution in [0, 0.1) is 6.92 Å². The average Bonchev–Trinajstić information content (AvgIpc) is 3.18. The van der Waals surface area contributed by atoms with Gasteiger partial charge in [-0.3, -0.25) is 9.69 Å². The second kappa shape index (κ2) is 9.25. The molecule has 1 aromatic carbocycles. The summed E-state index contributed by atoms with van der Waals surface area (Å²) in [6, 6.07) is 5.80. The molecule has 9 heteroatoms. The van der Waals surface area contributed by atoms with Gasteiger partial charge in [-0.15, -0.1) is 0 Å². The number of thioether (sulfide) groups is 2. The third kappa shape index (κ3) is 4.04. The molecule has 0 N–H and O–H groups in total. The number of methoxy groups -OCH3 is 2. The van der Waals surface area contributed by atoms with Crippen LogP contribution in [0.1, 0.15) is 31.9 Å². The number of allylic oxidation sites excluding steroid dienone is 1. The van der Waals surface area contributed by atoms with Crippen molar-refractivity contribution in [3.63, 3.8) is 0 Å². The van der Waals surface area contributed by atoms with Gasteiger partial charge in [0.25, 0.3) is 5.91 Å². The van der Waals surface area contributed by atoms with Crippen LogP contribution in [0.4, 0.5) is 5.69 Å². The Kier molecular flexibility index (Phi) is 7.02. The summed E-state index contributed by atoms with van der Waals surface area (Å²) in [7, 11) is 2.52. The molecular formula is C23H23NO5S3. The highest BCUT2D eigenvalue weighted by atomic mass is 32.2. The Labute approximate surface area is 201 Å². The van der Waals surface area contributed by atoms with Crippen LogP contribution in [0.5, 0.6) is 0 Å². The molecule has 0 aromatic heterocycles. The van der Waals surface area contributed by atoms with Gasteiger partial charge in [0.15, 0.2) is 0 Å². The molecule has 0 saturated heterocycles. The summed E-state index contributed by atoms with van der Waals surface area (Å²) in [6.45, 7) is 7.52. The van der Waals surface area contributed by atoms with E-state index in [0.717, 1.165) is 40.2 Å². The summed E-state index contributed by atoms with van der Waals surface area (Å²) in [5.74, 6) is -1.41. The first kappa shape index (κ1) is 24.3. The average molecular weight is 490 g/mol. The minimum atomic E-state index is -0.822. The van der Waals surface area contributed by atoms with Gasteiger partial charge >= 0.3 is 11.9 Å². The van der Waals surface area contributed by atoms with Crippen molar-refractivity contribution >= 4 is 69.7 Å².